The standard InChI is InChI=1S/C10H21NO2/c1-2-9(11)7-5-3-4-6-8-10(12)13/h9H,2-8,11H2,1H3,(H,12,13). The summed E-state index contributed by atoms with van der Waals surface area (Å²) in [5, 5.41) is 8.38. The molecule has 0 rings (SSSR count). The average Bonchev–Trinajstić information content (AvgIpc) is 2.10. The first-order chi connectivity index (χ1) is 6.16. The van der Waals surface area contributed by atoms with E-state index >= 15 is 0 Å². The summed E-state index contributed by atoms with van der Waals surface area (Å²) >= 11 is 0. The van der Waals surface area contributed by atoms with Gasteiger partial charge >= 0.3 is 5.97 Å². The van der Waals surface area contributed by atoms with Crippen LogP contribution < -0.4 is 5.73 Å². The number of unbranched alkanes of at least 4 members (excludes halogenated alkanes) is 3. The molecule has 0 aromatic carbocycles. The summed E-state index contributed by atoms with van der Waals surface area (Å²) in [6.07, 6.45) is 6.48. The second kappa shape index (κ2) is 8.05. The SMILES string of the molecule is CCC(N)CCCCCCC(=O)O. The van der Waals surface area contributed by atoms with Crippen molar-refractivity contribution in [1.82, 2.24) is 0 Å². The zero-order valence-corrected chi connectivity index (χ0v) is 8.46. The predicted molar refractivity (Wildman–Crippen MR) is 53.6 cm³/mol. The summed E-state index contributed by atoms with van der Waals surface area (Å²) < 4.78 is 0. The molecule has 0 aliphatic rings. The minimum absolute atomic E-state index is 0.305. The molecule has 13 heavy (non-hydrogen) atoms. The summed E-state index contributed by atoms with van der Waals surface area (Å²) in [7, 11) is 0. The molecule has 3 N–H and O–H groups in total. The van der Waals surface area contributed by atoms with Gasteiger partial charge in [0.2, 0.25) is 0 Å². The highest BCUT2D eigenvalue weighted by Crippen LogP contribution is 2.07. The van der Waals surface area contributed by atoms with Gasteiger partial charge in [0.1, 0.15) is 0 Å². The van der Waals surface area contributed by atoms with Gasteiger partial charge < -0.3 is 10.8 Å². The third-order valence-corrected chi connectivity index (χ3v) is 2.24. The lowest BCUT2D eigenvalue weighted by Gasteiger charge is -2.07. The molecule has 0 heterocycles. The number of hydrogen-bond donors (Lipinski definition) is 2. The van der Waals surface area contributed by atoms with Crippen molar-refractivity contribution in [2.45, 2.75) is 57.9 Å². The Hall–Kier alpha value is -0.570. The Morgan fingerprint density at radius 1 is 1.31 bits per heavy atom. The van der Waals surface area contributed by atoms with Crippen LogP contribution in [0.15, 0.2) is 0 Å². The molecule has 0 aliphatic heterocycles. The number of nitrogens with two attached hydrogens (primary N) is 1. The van der Waals surface area contributed by atoms with E-state index in [9.17, 15) is 4.79 Å². The van der Waals surface area contributed by atoms with Crippen molar-refractivity contribution in [2.24, 2.45) is 5.73 Å². The van der Waals surface area contributed by atoms with Gasteiger partial charge in [-0.15, -0.1) is 0 Å². The fourth-order valence-corrected chi connectivity index (χ4v) is 1.24. The van der Waals surface area contributed by atoms with Gasteiger partial charge in [-0.2, -0.15) is 0 Å². The summed E-state index contributed by atoms with van der Waals surface area (Å²) in [4.78, 5) is 10.2. The third-order valence-electron chi connectivity index (χ3n) is 2.24. The molecule has 0 aliphatic carbocycles. The van der Waals surface area contributed by atoms with Gasteiger partial charge in [0.15, 0.2) is 0 Å². The lowest BCUT2D eigenvalue weighted by molar-refractivity contribution is -0.137. The maximum atomic E-state index is 10.2. The Kier molecular flexibility index (Phi) is 7.69. The van der Waals surface area contributed by atoms with E-state index in [0.29, 0.717) is 12.5 Å². The van der Waals surface area contributed by atoms with Crippen LogP contribution in [0.5, 0.6) is 0 Å². The predicted octanol–water partition coefficient (Wildman–Crippen LogP) is 2.15. The van der Waals surface area contributed by atoms with E-state index in [4.69, 9.17) is 10.8 Å². The third kappa shape index (κ3) is 9.34. The number of carboxylic acids is 1. The van der Waals surface area contributed by atoms with Crippen LogP contribution in [-0.2, 0) is 4.79 Å². The number of aliphatic carboxylic acids is 1. The van der Waals surface area contributed by atoms with E-state index in [-0.39, 0.29) is 0 Å². The van der Waals surface area contributed by atoms with Crippen molar-refractivity contribution in [3.05, 3.63) is 0 Å². The molecule has 0 amide bonds. The van der Waals surface area contributed by atoms with Gasteiger partial charge in [-0.3, -0.25) is 4.79 Å². The Morgan fingerprint density at radius 3 is 2.46 bits per heavy atom. The number of carbonyl (C=O) groups is 1. The molecule has 1 unspecified atom stereocenters. The first kappa shape index (κ1) is 12.4. The van der Waals surface area contributed by atoms with Gasteiger partial charge in [0, 0.05) is 12.5 Å². The van der Waals surface area contributed by atoms with Crippen LogP contribution in [0, 0.1) is 0 Å². The second-order valence-corrected chi connectivity index (χ2v) is 3.51. The van der Waals surface area contributed by atoms with E-state index in [0.717, 1.165) is 38.5 Å². The van der Waals surface area contributed by atoms with Crippen molar-refractivity contribution in [3.8, 4) is 0 Å². The molecule has 3 heteroatoms. The molecule has 0 bridgehead atoms. The fourth-order valence-electron chi connectivity index (χ4n) is 1.24. The van der Waals surface area contributed by atoms with Crippen molar-refractivity contribution in [1.29, 1.82) is 0 Å². The van der Waals surface area contributed by atoms with Crippen molar-refractivity contribution >= 4 is 5.97 Å². The molecule has 0 spiro atoms. The van der Waals surface area contributed by atoms with Crippen LogP contribution in [-0.4, -0.2) is 17.1 Å². The summed E-state index contributed by atoms with van der Waals surface area (Å²) in [6, 6.07) is 0.333. The summed E-state index contributed by atoms with van der Waals surface area (Å²) in [6.45, 7) is 2.09. The molecule has 0 aromatic rings. The zero-order valence-electron chi connectivity index (χ0n) is 8.46. The first-order valence-electron chi connectivity index (χ1n) is 5.14. The minimum atomic E-state index is -0.690. The molecular formula is C10H21NO2. The van der Waals surface area contributed by atoms with E-state index < -0.39 is 5.97 Å². The van der Waals surface area contributed by atoms with Crippen molar-refractivity contribution < 1.29 is 9.90 Å². The number of carboxylic acid groups (broad SMARTS) is 1. The highest BCUT2D eigenvalue weighted by Gasteiger charge is 1.99. The van der Waals surface area contributed by atoms with E-state index in [1.807, 2.05) is 0 Å². The van der Waals surface area contributed by atoms with Gasteiger partial charge in [-0.05, 0) is 19.3 Å². The first-order valence-corrected chi connectivity index (χ1v) is 5.14. The quantitative estimate of drug-likeness (QED) is 0.572. The van der Waals surface area contributed by atoms with Crippen LogP contribution in [0.4, 0.5) is 0 Å². The largest absolute Gasteiger partial charge is 0.481 e. The van der Waals surface area contributed by atoms with Crippen molar-refractivity contribution in [3.63, 3.8) is 0 Å². The Balaban J connectivity index is 3.04. The highest BCUT2D eigenvalue weighted by atomic mass is 16.4. The zero-order chi connectivity index (χ0) is 10.1. The van der Waals surface area contributed by atoms with Crippen molar-refractivity contribution in [2.75, 3.05) is 0 Å². The van der Waals surface area contributed by atoms with Crippen LogP contribution in [0.1, 0.15) is 51.9 Å². The molecule has 0 saturated carbocycles. The molecule has 0 saturated heterocycles. The number of rotatable bonds is 8. The highest BCUT2D eigenvalue weighted by molar-refractivity contribution is 5.66. The topological polar surface area (TPSA) is 63.3 Å². The molecule has 3 nitrogen and oxygen atoms in total. The smallest absolute Gasteiger partial charge is 0.303 e. The molecule has 1 atom stereocenters. The minimum Gasteiger partial charge on any atom is -0.481 e. The van der Waals surface area contributed by atoms with Crippen LogP contribution in [0.25, 0.3) is 0 Å². The Bertz CT molecular complexity index is 137. The molecule has 78 valence electrons. The van der Waals surface area contributed by atoms with Gasteiger partial charge in [0.05, 0.1) is 0 Å². The van der Waals surface area contributed by atoms with Crippen LogP contribution in [0.3, 0.4) is 0 Å². The summed E-state index contributed by atoms with van der Waals surface area (Å²) in [5.41, 5.74) is 5.74. The van der Waals surface area contributed by atoms with Gasteiger partial charge in [-0.25, -0.2) is 0 Å². The summed E-state index contributed by atoms with van der Waals surface area (Å²) in [5.74, 6) is -0.690. The monoisotopic (exact) mass is 187 g/mol. The molecule has 0 aromatic heterocycles. The molecule has 0 radical (unpaired) electrons. The van der Waals surface area contributed by atoms with E-state index in [1.165, 1.54) is 0 Å². The fraction of sp³-hybridized carbons (Fsp3) is 0.900. The second-order valence-electron chi connectivity index (χ2n) is 3.51. The maximum Gasteiger partial charge on any atom is 0.303 e. The van der Waals surface area contributed by atoms with Crippen LogP contribution in [0.2, 0.25) is 0 Å². The molecule has 0 fully saturated rings. The maximum absolute atomic E-state index is 10.2. The Morgan fingerprint density at radius 2 is 1.92 bits per heavy atom. The van der Waals surface area contributed by atoms with Gasteiger partial charge in [-0.1, -0.05) is 26.2 Å². The average molecular weight is 187 g/mol. The van der Waals surface area contributed by atoms with Crippen LogP contribution >= 0.6 is 0 Å². The lowest BCUT2D eigenvalue weighted by Crippen LogP contribution is -2.17. The number of hydrogen-bond acceptors (Lipinski definition) is 2. The molecular weight excluding hydrogens is 166 g/mol. The Labute approximate surface area is 80.3 Å². The van der Waals surface area contributed by atoms with E-state index in [1.54, 1.807) is 0 Å². The van der Waals surface area contributed by atoms with E-state index in [2.05, 4.69) is 6.92 Å². The normalized spacial score (nSPS) is 12.8. The lowest BCUT2D eigenvalue weighted by atomic mass is 10.1. The van der Waals surface area contributed by atoms with Gasteiger partial charge in [0.25, 0.3) is 0 Å².